The highest BCUT2D eigenvalue weighted by Gasteiger charge is 2.40. The second kappa shape index (κ2) is 4.58. The van der Waals surface area contributed by atoms with Gasteiger partial charge in [-0.3, -0.25) is 4.68 Å². The second-order valence-corrected chi connectivity index (χ2v) is 5.23. The molecule has 1 aliphatic carbocycles. The number of rotatable bonds is 6. The third-order valence-corrected chi connectivity index (χ3v) is 3.89. The van der Waals surface area contributed by atoms with Crippen molar-refractivity contribution < 1.29 is 0 Å². The average molecular weight is 221 g/mol. The van der Waals surface area contributed by atoms with Gasteiger partial charge < -0.3 is 5.32 Å². The Labute approximate surface area is 98.2 Å². The monoisotopic (exact) mass is 221 g/mol. The molecule has 1 fully saturated rings. The molecule has 0 unspecified atom stereocenters. The Morgan fingerprint density at radius 1 is 1.50 bits per heavy atom. The van der Waals surface area contributed by atoms with E-state index in [-0.39, 0.29) is 0 Å². The van der Waals surface area contributed by atoms with E-state index >= 15 is 0 Å². The highest BCUT2D eigenvalue weighted by Crippen LogP contribution is 2.48. The largest absolute Gasteiger partial charge is 0.312 e. The van der Waals surface area contributed by atoms with Crippen molar-refractivity contribution in [3.8, 4) is 0 Å². The number of aromatic nitrogens is 2. The summed E-state index contributed by atoms with van der Waals surface area (Å²) < 4.78 is 1.94. The molecule has 16 heavy (non-hydrogen) atoms. The topological polar surface area (TPSA) is 29.9 Å². The van der Waals surface area contributed by atoms with E-state index in [0.29, 0.717) is 5.41 Å². The zero-order valence-electron chi connectivity index (χ0n) is 10.7. The van der Waals surface area contributed by atoms with Crippen LogP contribution >= 0.6 is 0 Å². The SMILES string of the molecule is CCCC1(CNCc2cnn(C)c2C)CC1. The molecule has 0 aliphatic heterocycles. The first-order valence-corrected chi connectivity index (χ1v) is 6.35. The van der Waals surface area contributed by atoms with Crippen molar-refractivity contribution in [1.82, 2.24) is 15.1 Å². The van der Waals surface area contributed by atoms with Gasteiger partial charge in [-0.15, -0.1) is 0 Å². The molecule has 3 heteroatoms. The van der Waals surface area contributed by atoms with Gasteiger partial charge in [0, 0.05) is 31.4 Å². The van der Waals surface area contributed by atoms with E-state index in [2.05, 4.69) is 24.3 Å². The van der Waals surface area contributed by atoms with Gasteiger partial charge in [0.2, 0.25) is 0 Å². The molecule has 1 N–H and O–H groups in total. The maximum atomic E-state index is 4.26. The summed E-state index contributed by atoms with van der Waals surface area (Å²) in [5.41, 5.74) is 3.24. The summed E-state index contributed by atoms with van der Waals surface area (Å²) in [5.74, 6) is 0. The Balaban J connectivity index is 1.78. The van der Waals surface area contributed by atoms with Gasteiger partial charge >= 0.3 is 0 Å². The molecule has 1 heterocycles. The second-order valence-electron chi connectivity index (χ2n) is 5.23. The Bertz CT molecular complexity index is 350. The Morgan fingerprint density at radius 3 is 2.75 bits per heavy atom. The van der Waals surface area contributed by atoms with Crippen LogP contribution in [0.2, 0.25) is 0 Å². The summed E-state index contributed by atoms with van der Waals surface area (Å²) in [5, 5.41) is 7.85. The van der Waals surface area contributed by atoms with Crippen LogP contribution in [0.1, 0.15) is 43.9 Å². The van der Waals surface area contributed by atoms with Crippen LogP contribution in [0.25, 0.3) is 0 Å². The first-order valence-electron chi connectivity index (χ1n) is 6.35. The molecule has 0 atom stereocenters. The molecule has 1 aromatic heterocycles. The molecule has 0 radical (unpaired) electrons. The number of hydrogen-bond donors (Lipinski definition) is 1. The van der Waals surface area contributed by atoms with Gasteiger partial charge in [0.15, 0.2) is 0 Å². The van der Waals surface area contributed by atoms with Crippen molar-refractivity contribution >= 4 is 0 Å². The van der Waals surface area contributed by atoms with Crippen molar-refractivity contribution in [2.45, 2.75) is 46.1 Å². The highest BCUT2D eigenvalue weighted by molar-refractivity contribution is 5.15. The number of nitrogens with zero attached hydrogens (tertiary/aromatic N) is 2. The quantitative estimate of drug-likeness (QED) is 0.799. The Hall–Kier alpha value is -0.830. The molecule has 0 aromatic carbocycles. The lowest BCUT2D eigenvalue weighted by Gasteiger charge is -2.14. The van der Waals surface area contributed by atoms with Gasteiger partial charge in [-0.25, -0.2) is 0 Å². The first kappa shape index (κ1) is 11.6. The van der Waals surface area contributed by atoms with Gasteiger partial charge in [0.05, 0.1) is 6.20 Å². The number of nitrogens with one attached hydrogen (secondary N) is 1. The molecule has 1 aromatic rings. The summed E-state index contributed by atoms with van der Waals surface area (Å²) in [6.45, 7) is 6.55. The molecule has 0 amide bonds. The van der Waals surface area contributed by atoms with Crippen LogP contribution in [0, 0.1) is 12.3 Å². The predicted molar refractivity (Wildman–Crippen MR) is 66.2 cm³/mol. The normalized spacial score (nSPS) is 17.7. The molecule has 2 rings (SSSR count). The van der Waals surface area contributed by atoms with E-state index in [0.717, 1.165) is 6.54 Å². The van der Waals surface area contributed by atoms with Crippen LogP contribution in [0.5, 0.6) is 0 Å². The lowest BCUT2D eigenvalue weighted by molar-refractivity contribution is 0.420. The van der Waals surface area contributed by atoms with E-state index in [4.69, 9.17) is 0 Å². The van der Waals surface area contributed by atoms with Crippen LogP contribution in [0.4, 0.5) is 0 Å². The number of hydrogen-bond acceptors (Lipinski definition) is 2. The maximum Gasteiger partial charge on any atom is 0.0537 e. The van der Waals surface area contributed by atoms with E-state index in [1.807, 2.05) is 17.9 Å². The summed E-state index contributed by atoms with van der Waals surface area (Å²) in [7, 11) is 2.00. The first-order chi connectivity index (χ1) is 7.67. The smallest absolute Gasteiger partial charge is 0.0537 e. The van der Waals surface area contributed by atoms with Crippen LogP contribution in [0.15, 0.2) is 6.20 Å². The minimum Gasteiger partial charge on any atom is -0.312 e. The van der Waals surface area contributed by atoms with Gasteiger partial charge in [-0.05, 0) is 31.6 Å². The van der Waals surface area contributed by atoms with Crippen LogP contribution in [-0.4, -0.2) is 16.3 Å². The molecule has 1 saturated carbocycles. The van der Waals surface area contributed by atoms with Gasteiger partial charge in [-0.1, -0.05) is 13.3 Å². The van der Waals surface area contributed by atoms with Crippen molar-refractivity contribution in [1.29, 1.82) is 0 Å². The molecule has 0 bridgehead atoms. The number of aryl methyl sites for hydroxylation is 1. The molecule has 90 valence electrons. The highest BCUT2D eigenvalue weighted by atomic mass is 15.3. The zero-order valence-corrected chi connectivity index (χ0v) is 10.7. The Kier molecular flexibility index (Phi) is 3.33. The fourth-order valence-corrected chi connectivity index (χ4v) is 2.40. The summed E-state index contributed by atoms with van der Waals surface area (Å²) in [6, 6.07) is 0. The summed E-state index contributed by atoms with van der Waals surface area (Å²) >= 11 is 0. The summed E-state index contributed by atoms with van der Waals surface area (Å²) in [4.78, 5) is 0. The van der Waals surface area contributed by atoms with Crippen molar-refractivity contribution in [3.63, 3.8) is 0 Å². The Morgan fingerprint density at radius 2 is 2.25 bits per heavy atom. The van der Waals surface area contributed by atoms with Gasteiger partial charge in [0.1, 0.15) is 0 Å². The van der Waals surface area contributed by atoms with E-state index in [1.54, 1.807) is 0 Å². The standard InChI is InChI=1S/C13H23N3/c1-4-5-13(6-7-13)10-14-8-12-9-15-16(3)11(12)2/h9,14H,4-8,10H2,1-3H3. The zero-order chi connectivity index (χ0) is 11.6. The van der Waals surface area contributed by atoms with Crippen molar-refractivity contribution in [2.24, 2.45) is 12.5 Å². The summed E-state index contributed by atoms with van der Waals surface area (Å²) in [6.07, 6.45) is 7.50. The molecule has 0 saturated heterocycles. The maximum absolute atomic E-state index is 4.26. The molecule has 0 spiro atoms. The minimum absolute atomic E-state index is 0.644. The molecule has 1 aliphatic rings. The lowest BCUT2D eigenvalue weighted by atomic mass is 10.0. The average Bonchev–Trinajstić information content (AvgIpc) is 2.95. The predicted octanol–water partition coefficient (Wildman–Crippen LogP) is 2.40. The van der Waals surface area contributed by atoms with Gasteiger partial charge in [-0.2, -0.15) is 5.10 Å². The van der Waals surface area contributed by atoms with Crippen molar-refractivity contribution in [3.05, 3.63) is 17.5 Å². The lowest BCUT2D eigenvalue weighted by Crippen LogP contribution is -2.23. The fraction of sp³-hybridized carbons (Fsp3) is 0.769. The van der Waals surface area contributed by atoms with Crippen LogP contribution in [0.3, 0.4) is 0 Å². The molecular formula is C13H23N3. The van der Waals surface area contributed by atoms with E-state index < -0.39 is 0 Å². The third-order valence-electron chi connectivity index (χ3n) is 3.89. The molecular weight excluding hydrogens is 198 g/mol. The third kappa shape index (κ3) is 2.46. The van der Waals surface area contributed by atoms with E-state index in [9.17, 15) is 0 Å². The van der Waals surface area contributed by atoms with E-state index in [1.165, 1.54) is 43.5 Å². The molecule has 3 nitrogen and oxygen atoms in total. The minimum atomic E-state index is 0.644. The van der Waals surface area contributed by atoms with Crippen LogP contribution < -0.4 is 5.32 Å². The van der Waals surface area contributed by atoms with Gasteiger partial charge in [0.25, 0.3) is 0 Å². The fourth-order valence-electron chi connectivity index (χ4n) is 2.40. The van der Waals surface area contributed by atoms with Crippen LogP contribution in [-0.2, 0) is 13.6 Å². The van der Waals surface area contributed by atoms with Crippen molar-refractivity contribution in [2.75, 3.05) is 6.54 Å².